The molecule has 0 spiro atoms. The lowest BCUT2D eigenvalue weighted by atomic mass is 10.1. The summed E-state index contributed by atoms with van der Waals surface area (Å²) in [6, 6.07) is 7.56. The molecule has 4 aromatic rings. The molecular weight excluding hydrogens is 463 g/mol. The standard InChI is InChI=1S/C22H15F5N4O3/c1-33-17-6-3-11(7-18(17)34-2)15-9-19(22(25,26)27)31-20(29-15)13(10-28-31)21(32)30-16-8-12(23)4-5-14(16)24/h3-10H,1-2H3,(H,30,32). The first-order valence-electron chi connectivity index (χ1n) is 9.57. The molecule has 34 heavy (non-hydrogen) atoms. The van der Waals surface area contributed by atoms with E-state index in [0.717, 1.165) is 30.5 Å². The van der Waals surface area contributed by atoms with Gasteiger partial charge in [0.15, 0.2) is 22.8 Å². The number of carbonyl (C=O) groups is 1. The van der Waals surface area contributed by atoms with Crippen molar-refractivity contribution >= 4 is 17.2 Å². The van der Waals surface area contributed by atoms with Gasteiger partial charge >= 0.3 is 6.18 Å². The van der Waals surface area contributed by atoms with E-state index in [-0.39, 0.29) is 22.6 Å². The van der Waals surface area contributed by atoms with Crippen LogP contribution in [0.5, 0.6) is 11.5 Å². The molecule has 0 bridgehead atoms. The van der Waals surface area contributed by atoms with Crippen molar-refractivity contribution in [2.24, 2.45) is 0 Å². The lowest BCUT2D eigenvalue weighted by Gasteiger charge is -2.13. The minimum atomic E-state index is -4.85. The number of ether oxygens (including phenoxy) is 2. The second-order valence-corrected chi connectivity index (χ2v) is 6.97. The second kappa shape index (κ2) is 8.61. The van der Waals surface area contributed by atoms with Crippen molar-refractivity contribution in [1.29, 1.82) is 0 Å². The summed E-state index contributed by atoms with van der Waals surface area (Å²) < 4.78 is 79.6. The van der Waals surface area contributed by atoms with Gasteiger partial charge in [0.2, 0.25) is 0 Å². The van der Waals surface area contributed by atoms with Gasteiger partial charge in [-0.15, -0.1) is 0 Å². The number of carbonyl (C=O) groups excluding carboxylic acids is 1. The summed E-state index contributed by atoms with van der Waals surface area (Å²) in [5.41, 5.74) is -2.39. The van der Waals surface area contributed by atoms with E-state index in [1.807, 2.05) is 0 Å². The number of rotatable bonds is 5. The number of nitrogens with one attached hydrogen (secondary N) is 1. The lowest BCUT2D eigenvalue weighted by molar-refractivity contribution is -0.142. The number of benzene rings is 2. The van der Waals surface area contributed by atoms with Crippen LogP contribution in [-0.2, 0) is 6.18 Å². The Balaban J connectivity index is 1.86. The van der Waals surface area contributed by atoms with Gasteiger partial charge in [-0.05, 0) is 36.4 Å². The van der Waals surface area contributed by atoms with Crippen molar-refractivity contribution in [3.63, 3.8) is 0 Å². The predicted molar refractivity (Wildman–Crippen MR) is 111 cm³/mol. The Hall–Kier alpha value is -4.22. The largest absolute Gasteiger partial charge is 0.493 e. The summed E-state index contributed by atoms with van der Waals surface area (Å²) in [4.78, 5) is 16.9. The molecule has 1 N–H and O–H groups in total. The fourth-order valence-electron chi connectivity index (χ4n) is 3.25. The van der Waals surface area contributed by atoms with Gasteiger partial charge in [0.05, 0.1) is 31.8 Å². The highest BCUT2D eigenvalue weighted by atomic mass is 19.4. The Kier molecular flexibility index (Phi) is 5.82. The third kappa shape index (κ3) is 4.21. The summed E-state index contributed by atoms with van der Waals surface area (Å²) in [6.07, 6.45) is -3.98. The number of hydrogen-bond acceptors (Lipinski definition) is 5. The summed E-state index contributed by atoms with van der Waals surface area (Å²) in [5.74, 6) is -2.16. The summed E-state index contributed by atoms with van der Waals surface area (Å²) in [7, 11) is 2.77. The molecule has 176 valence electrons. The molecule has 0 unspecified atom stereocenters. The molecule has 2 aromatic carbocycles. The third-order valence-corrected chi connectivity index (χ3v) is 4.86. The molecule has 0 atom stereocenters. The zero-order chi connectivity index (χ0) is 24.6. The van der Waals surface area contributed by atoms with Crippen LogP contribution >= 0.6 is 0 Å². The molecule has 7 nitrogen and oxygen atoms in total. The van der Waals surface area contributed by atoms with Gasteiger partial charge in [-0.25, -0.2) is 18.3 Å². The number of anilines is 1. The first kappa shape index (κ1) is 23.0. The van der Waals surface area contributed by atoms with Crippen molar-refractivity contribution in [3.8, 4) is 22.8 Å². The molecule has 2 heterocycles. The van der Waals surface area contributed by atoms with Crippen molar-refractivity contribution in [3.05, 3.63) is 71.6 Å². The monoisotopic (exact) mass is 478 g/mol. The molecule has 0 aliphatic heterocycles. The molecular formula is C22H15F5N4O3. The van der Waals surface area contributed by atoms with E-state index in [1.165, 1.54) is 32.4 Å². The van der Waals surface area contributed by atoms with E-state index in [9.17, 15) is 26.7 Å². The van der Waals surface area contributed by atoms with Crippen molar-refractivity contribution < 1.29 is 36.2 Å². The second-order valence-electron chi connectivity index (χ2n) is 6.97. The van der Waals surface area contributed by atoms with Gasteiger partial charge in [-0.1, -0.05) is 0 Å². The van der Waals surface area contributed by atoms with E-state index in [1.54, 1.807) is 0 Å². The van der Waals surface area contributed by atoms with Crippen LogP contribution in [0.15, 0.2) is 48.7 Å². The third-order valence-electron chi connectivity index (χ3n) is 4.86. The van der Waals surface area contributed by atoms with Crippen LogP contribution in [-0.4, -0.2) is 34.7 Å². The Morgan fingerprint density at radius 1 is 1.00 bits per heavy atom. The van der Waals surface area contributed by atoms with Crippen LogP contribution in [0.25, 0.3) is 16.9 Å². The summed E-state index contributed by atoms with van der Waals surface area (Å²) in [6.45, 7) is 0. The highest BCUT2D eigenvalue weighted by Crippen LogP contribution is 2.36. The Morgan fingerprint density at radius 3 is 2.41 bits per heavy atom. The number of halogens is 5. The lowest BCUT2D eigenvalue weighted by Crippen LogP contribution is -2.16. The van der Waals surface area contributed by atoms with Crippen LogP contribution in [0.4, 0.5) is 27.6 Å². The number of amides is 1. The summed E-state index contributed by atoms with van der Waals surface area (Å²) in [5, 5.41) is 5.78. The molecule has 2 aromatic heterocycles. The molecule has 0 radical (unpaired) electrons. The maximum atomic E-state index is 13.9. The van der Waals surface area contributed by atoms with Crippen LogP contribution in [0.1, 0.15) is 16.1 Å². The molecule has 1 amide bonds. The fraction of sp³-hybridized carbons (Fsp3) is 0.136. The van der Waals surface area contributed by atoms with Crippen LogP contribution in [0.2, 0.25) is 0 Å². The van der Waals surface area contributed by atoms with E-state index < -0.39 is 40.7 Å². The Bertz CT molecular complexity index is 1400. The van der Waals surface area contributed by atoms with E-state index in [0.29, 0.717) is 10.3 Å². The number of nitrogens with zero attached hydrogens (tertiary/aromatic N) is 3. The maximum Gasteiger partial charge on any atom is 0.433 e. The molecule has 0 saturated heterocycles. The van der Waals surface area contributed by atoms with Crippen LogP contribution in [0.3, 0.4) is 0 Å². The predicted octanol–water partition coefficient (Wildman–Crippen LogP) is 4.96. The molecule has 12 heteroatoms. The van der Waals surface area contributed by atoms with E-state index in [2.05, 4.69) is 15.4 Å². The number of methoxy groups -OCH3 is 2. The van der Waals surface area contributed by atoms with Crippen LogP contribution in [0, 0.1) is 11.6 Å². The Labute approximate surface area is 188 Å². The Morgan fingerprint density at radius 2 is 1.74 bits per heavy atom. The molecule has 0 aliphatic carbocycles. The summed E-state index contributed by atoms with van der Waals surface area (Å²) >= 11 is 0. The molecule has 4 rings (SSSR count). The van der Waals surface area contributed by atoms with E-state index in [4.69, 9.17) is 9.47 Å². The van der Waals surface area contributed by atoms with Gasteiger partial charge in [-0.3, -0.25) is 4.79 Å². The highest BCUT2D eigenvalue weighted by Gasteiger charge is 2.36. The van der Waals surface area contributed by atoms with Crippen molar-refractivity contribution in [2.45, 2.75) is 6.18 Å². The minimum Gasteiger partial charge on any atom is -0.493 e. The van der Waals surface area contributed by atoms with E-state index >= 15 is 0 Å². The minimum absolute atomic E-state index is 0.132. The van der Waals surface area contributed by atoms with Crippen molar-refractivity contribution in [2.75, 3.05) is 19.5 Å². The van der Waals surface area contributed by atoms with Gasteiger partial charge in [0, 0.05) is 11.6 Å². The molecule has 0 saturated carbocycles. The topological polar surface area (TPSA) is 77.8 Å². The number of aromatic nitrogens is 3. The van der Waals surface area contributed by atoms with Gasteiger partial charge in [0.1, 0.15) is 17.2 Å². The number of hydrogen-bond donors (Lipinski definition) is 1. The van der Waals surface area contributed by atoms with Gasteiger partial charge in [-0.2, -0.15) is 18.3 Å². The molecule has 0 fully saturated rings. The average Bonchev–Trinajstić information content (AvgIpc) is 3.23. The highest BCUT2D eigenvalue weighted by molar-refractivity contribution is 6.08. The smallest absolute Gasteiger partial charge is 0.433 e. The number of alkyl halides is 3. The van der Waals surface area contributed by atoms with Gasteiger partial charge in [0.25, 0.3) is 5.91 Å². The first-order valence-corrected chi connectivity index (χ1v) is 9.57. The zero-order valence-electron chi connectivity index (χ0n) is 17.6. The van der Waals surface area contributed by atoms with Crippen molar-refractivity contribution in [1.82, 2.24) is 14.6 Å². The van der Waals surface area contributed by atoms with Crippen LogP contribution < -0.4 is 14.8 Å². The zero-order valence-corrected chi connectivity index (χ0v) is 17.6. The number of fused-ring (bicyclic) bond motifs is 1. The SMILES string of the molecule is COc1ccc(-c2cc(C(F)(F)F)n3ncc(C(=O)Nc4cc(F)ccc4F)c3n2)cc1OC. The fourth-order valence-corrected chi connectivity index (χ4v) is 3.25. The quantitative estimate of drug-likeness (QED) is 0.410. The van der Waals surface area contributed by atoms with Gasteiger partial charge < -0.3 is 14.8 Å². The average molecular weight is 478 g/mol. The normalized spacial score (nSPS) is 11.5. The first-order chi connectivity index (χ1) is 16.1. The molecule has 0 aliphatic rings. The maximum absolute atomic E-state index is 13.9.